The van der Waals surface area contributed by atoms with Crippen LogP contribution in [-0.4, -0.2) is 46.5 Å². The zero-order valence-electron chi connectivity index (χ0n) is 13.8. The van der Waals surface area contributed by atoms with E-state index in [1.54, 1.807) is 4.68 Å². The summed E-state index contributed by atoms with van der Waals surface area (Å²) in [5.41, 5.74) is 0. The molecule has 1 rings (SSSR count). The predicted octanol–water partition coefficient (Wildman–Crippen LogP) is 2.68. The normalized spacial score (nSPS) is 12.0. The van der Waals surface area contributed by atoms with E-state index < -0.39 is 21.1 Å². The van der Waals surface area contributed by atoms with E-state index in [2.05, 4.69) is 36.3 Å². The topological polar surface area (TPSA) is 63.8 Å². The van der Waals surface area contributed by atoms with E-state index in [9.17, 15) is 5.11 Å². The molecule has 0 fully saturated rings. The minimum atomic E-state index is -0.929. The van der Waals surface area contributed by atoms with Crippen LogP contribution in [0.1, 0.15) is 78.6 Å². The van der Waals surface area contributed by atoms with E-state index in [-0.39, 0.29) is 6.73 Å². The molecule has 0 aliphatic rings. The second-order valence-electron chi connectivity index (χ2n) is 5.86. The summed E-state index contributed by atoms with van der Waals surface area (Å²) >= 11 is -0.929. The number of aromatic nitrogens is 4. The first kappa shape index (κ1) is 18.9. The van der Waals surface area contributed by atoms with Crippen molar-refractivity contribution in [2.24, 2.45) is 0 Å². The molecule has 120 valence electrons. The van der Waals surface area contributed by atoms with E-state index in [1.807, 2.05) is 0 Å². The van der Waals surface area contributed by atoms with Crippen molar-refractivity contribution in [3.8, 4) is 0 Å². The summed E-state index contributed by atoms with van der Waals surface area (Å²) in [5, 5.41) is 21.3. The van der Waals surface area contributed by atoms with Crippen molar-refractivity contribution in [1.82, 2.24) is 20.2 Å². The maximum absolute atomic E-state index is 9.38. The Morgan fingerprint density at radius 2 is 1.52 bits per heavy atom. The van der Waals surface area contributed by atoms with Gasteiger partial charge < -0.3 is 0 Å². The van der Waals surface area contributed by atoms with E-state index >= 15 is 0 Å². The van der Waals surface area contributed by atoms with Crippen LogP contribution in [0.15, 0.2) is 0 Å². The third-order valence-electron chi connectivity index (χ3n) is 4.07. The first-order valence-electron chi connectivity index (χ1n) is 8.36. The summed E-state index contributed by atoms with van der Waals surface area (Å²) in [5.74, 6) is 0. The van der Waals surface area contributed by atoms with Gasteiger partial charge in [-0.15, -0.1) is 0 Å². The Balaban J connectivity index is 2.89. The van der Waals surface area contributed by atoms with Crippen LogP contribution >= 0.6 is 0 Å². The molecule has 6 heteroatoms. The van der Waals surface area contributed by atoms with Gasteiger partial charge in [-0.25, -0.2) is 0 Å². The number of unbranched alkanes of at least 4 members (excludes halogenated alkanes) is 3. The van der Waals surface area contributed by atoms with Gasteiger partial charge >= 0.3 is 139 Å². The molecular formula is C15H30N4OSn. The number of aliphatic hydroxyl groups excluding tert-OH is 1. The summed E-state index contributed by atoms with van der Waals surface area (Å²) in [4.78, 5) is 0. The molecule has 0 aliphatic carbocycles. The average Bonchev–Trinajstić information content (AvgIpc) is 2.95. The summed E-state index contributed by atoms with van der Waals surface area (Å²) in [6, 6.07) is 0. The Hall–Kier alpha value is -0.171. The summed E-state index contributed by atoms with van der Waals surface area (Å²) in [6.07, 6.45) is 11.6. The number of hydrogen-bond acceptors (Lipinski definition) is 4. The van der Waals surface area contributed by atoms with Crippen LogP contribution < -0.4 is 3.84 Å². The van der Waals surface area contributed by atoms with Gasteiger partial charge in [-0.05, 0) is 0 Å². The second kappa shape index (κ2) is 10.5. The van der Waals surface area contributed by atoms with Crippen molar-refractivity contribution in [2.45, 2.75) is 88.7 Å². The second-order valence-corrected chi connectivity index (χ2v) is 10.9. The van der Waals surface area contributed by atoms with Crippen LogP contribution in [0.5, 0.6) is 0 Å². The molecule has 1 N–H and O–H groups in total. The number of tetrazole rings is 1. The van der Waals surface area contributed by atoms with Gasteiger partial charge in [0.05, 0.1) is 0 Å². The monoisotopic (exact) mass is 402 g/mol. The zero-order chi connectivity index (χ0) is 15.6. The van der Waals surface area contributed by atoms with E-state index in [0.29, 0.717) is 3.43 Å². The molecule has 0 aliphatic heterocycles. The van der Waals surface area contributed by atoms with Crippen LogP contribution in [0.25, 0.3) is 0 Å². The van der Waals surface area contributed by atoms with E-state index in [0.717, 1.165) is 3.84 Å². The van der Waals surface area contributed by atoms with Crippen molar-refractivity contribution in [1.29, 1.82) is 0 Å². The van der Waals surface area contributed by atoms with Gasteiger partial charge in [0.2, 0.25) is 0 Å². The Morgan fingerprint density at radius 1 is 1.00 bits per heavy atom. The number of rotatable bonds is 12. The third kappa shape index (κ3) is 6.22. The predicted molar refractivity (Wildman–Crippen MR) is 86.7 cm³/mol. The Morgan fingerprint density at radius 3 is 1.95 bits per heavy atom. The van der Waals surface area contributed by atoms with Gasteiger partial charge in [-0.1, -0.05) is 0 Å². The molecule has 2 radical (unpaired) electrons. The van der Waals surface area contributed by atoms with Crippen molar-refractivity contribution < 1.29 is 5.11 Å². The molecule has 0 saturated carbocycles. The standard InChI is InChI=1S/C13H27.C2H3N4O.Sn/c1-4-7-10-13(11-8-5-2)12-9-6-3;7-2-6-1-3-4-5-6;/h4-12H2,1-3H3;7H,2H2;. The molecule has 0 amide bonds. The number of aliphatic hydroxyl groups is 1. The molecule has 1 heterocycles. The average molecular weight is 401 g/mol. The van der Waals surface area contributed by atoms with Crippen molar-refractivity contribution >= 4 is 25.0 Å². The molecule has 0 bridgehead atoms. The number of hydrogen-bond donors (Lipinski definition) is 1. The van der Waals surface area contributed by atoms with E-state index in [1.165, 1.54) is 57.8 Å². The fourth-order valence-electron chi connectivity index (χ4n) is 2.73. The third-order valence-corrected chi connectivity index (χ3v) is 9.38. The van der Waals surface area contributed by atoms with Crippen LogP contribution in [0.3, 0.4) is 0 Å². The summed E-state index contributed by atoms with van der Waals surface area (Å²) in [7, 11) is 0. The molecule has 0 atom stereocenters. The van der Waals surface area contributed by atoms with Gasteiger partial charge in [0.1, 0.15) is 0 Å². The van der Waals surface area contributed by atoms with Gasteiger partial charge in [-0.2, -0.15) is 0 Å². The zero-order valence-corrected chi connectivity index (χ0v) is 16.7. The first-order valence-corrected chi connectivity index (χ1v) is 11.2. The molecule has 0 spiro atoms. The molecule has 21 heavy (non-hydrogen) atoms. The Labute approximate surface area is 139 Å². The Kier molecular flexibility index (Phi) is 9.47. The maximum atomic E-state index is 9.38. The van der Waals surface area contributed by atoms with Crippen LogP contribution in [0.4, 0.5) is 0 Å². The van der Waals surface area contributed by atoms with Crippen molar-refractivity contribution in [2.75, 3.05) is 0 Å². The van der Waals surface area contributed by atoms with Crippen LogP contribution in [0, 0.1) is 0 Å². The molecule has 0 unspecified atom stereocenters. The summed E-state index contributed by atoms with van der Waals surface area (Å²) < 4.78 is 3.07. The molecule has 5 nitrogen and oxygen atoms in total. The minimum absolute atomic E-state index is 0.0887. The van der Waals surface area contributed by atoms with Crippen molar-refractivity contribution in [3.05, 3.63) is 0 Å². The van der Waals surface area contributed by atoms with Crippen LogP contribution in [-0.2, 0) is 6.73 Å². The Bertz CT molecular complexity index is 362. The first-order chi connectivity index (χ1) is 10.2. The quantitative estimate of drug-likeness (QED) is 0.548. The summed E-state index contributed by atoms with van der Waals surface area (Å²) in [6.45, 7) is 6.72. The van der Waals surface area contributed by atoms with Gasteiger partial charge in [0.15, 0.2) is 0 Å². The van der Waals surface area contributed by atoms with Crippen molar-refractivity contribution in [3.63, 3.8) is 0 Å². The molecule has 1 aromatic rings. The molecule has 1 aromatic heterocycles. The van der Waals surface area contributed by atoms with E-state index in [4.69, 9.17) is 0 Å². The number of nitrogens with zero attached hydrogens (tertiary/aromatic N) is 4. The molecule has 0 saturated heterocycles. The van der Waals surface area contributed by atoms with Gasteiger partial charge in [-0.3, -0.25) is 0 Å². The molecule has 0 aromatic carbocycles. The fourth-order valence-corrected chi connectivity index (χ4v) is 7.64. The van der Waals surface area contributed by atoms with Gasteiger partial charge in [0.25, 0.3) is 0 Å². The van der Waals surface area contributed by atoms with Crippen LogP contribution in [0.2, 0.25) is 3.43 Å². The SMILES string of the molecule is CCCC[C](CCCC)(CCCC)[Sn][c]1nnnn1CO. The molecular weight excluding hydrogens is 371 g/mol. The van der Waals surface area contributed by atoms with Gasteiger partial charge in [0, 0.05) is 0 Å². The fraction of sp³-hybridized carbons (Fsp3) is 0.933.